The number of hydrogen-bond donors (Lipinski definition) is 4. The first-order valence-corrected chi connectivity index (χ1v) is 30.0. The number of unbranched alkanes of at least 4 members (excludes halogenated alkanes) is 18. The van der Waals surface area contributed by atoms with Gasteiger partial charge in [-0.15, -0.1) is 0 Å². The zero-order valence-corrected chi connectivity index (χ0v) is 46.7. The van der Waals surface area contributed by atoms with Crippen molar-refractivity contribution in [2.75, 3.05) is 26.4 Å². The summed E-state index contributed by atoms with van der Waals surface area (Å²) in [6.07, 6.45) is 62.6. The average molecular weight is 1060 g/mol. The minimum atomic E-state index is -5.08. The van der Waals surface area contributed by atoms with Gasteiger partial charge < -0.3 is 34.3 Å². The van der Waals surface area contributed by atoms with Crippen molar-refractivity contribution < 1.29 is 56.2 Å². The molecule has 74 heavy (non-hydrogen) atoms. The first-order chi connectivity index (χ1) is 36.1. The second kappa shape index (κ2) is 50.6. The van der Waals surface area contributed by atoms with E-state index in [4.69, 9.17) is 18.9 Å². The van der Waals surface area contributed by atoms with Crippen molar-refractivity contribution in [2.24, 2.45) is 0 Å². The number of aliphatic hydroxyl groups is 3. The van der Waals surface area contributed by atoms with Crippen LogP contribution >= 0.6 is 0 Å². The molecule has 0 aliphatic carbocycles. The number of ether oxygens (including phenoxy) is 4. The third-order valence-electron chi connectivity index (χ3n) is 12.4. The van der Waals surface area contributed by atoms with Crippen molar-refractivity contribution >= 4 is 16.4 Å². The van der Waals surface area contributed by atoms with Crippen LogP contribution in [0.25, 0.3) is 0 Å². The van der Waals surface area contributed by atoms with Crippen LogP contribution in [0.2, 0.25) is 0 Å². The van der Waals surface area contributed by atoms with Crippen LogP contribution in [0.1, 0.15) is 206 Å². The lowest BCUT2D eigenvalue weighted by Crippen LogP contribution is -2.60. The number of hydrogen-bond acceptors (Lipinski definition) is 11. The van der Waals surface area contributed by atoms with Crippen LogP contribution in [0, 0.1) is 0 Å². The van der Waals surface area contributed by atoms with Crippen molar-refractivity contribution in [3.63, 3.8) is 0 Å². The SMILES string of the molecule is CC/C=C\C/C=C\C/C=C\C/C=C\C/C=C\C/C=C\C/C=C\CCCCCCOCC(COC1OC(CO)C(O)C(OS(=O)(=O)O)C1O)OC(=O)CCCCCCCCCCC/C=C\C/C=C\CCCCCCC. The second-order valence-electron chi connectivity index (χ2n) is 19.1. The molecule has 424 valence electrons. The van der Waals surface area contributed by atoms with Crippen molar-refractivity contribution in [2.45, 2.75) is 243 Å². The van der Waals surface area contributed by atoms with E-state index in [-0.39, 0.29) is 19.6 Å². The lowest BCUT2D eigenvalue weighted by atomic mass is 9.99. The van der Waals surface area contributed by atoms with Crippen LogP contribution in [0.5, 0.6) is 0 Å². The van der Waals surface area contributed by atoms with Crippen LogP contribution in [0.4, 0.5) is 0 Å². The van der Waals surface area contributed by atoms with Crippen LogP contribution in [-0.4, -0.2) is 97.5 Å². The van der Waals surface area contributed by atoms with Gasteiger partial charge in [0.15, 0.2) is 6.29 Å². The monoisotopic (exact) mass is 1060 g/mol. The number of allylic oxidation sites excluding steroid dienone is 18. The van der Waals surface area contributed by atoms with Crippen LogP contribution in [0.3, 0.4) is 0 Å². The Morgan fingerprint density at radius 1 is 0.527 bits per heavy atom. The molecule has 0 bridgehead atoms. The highest BCUT2D eigenvalue weighted by Gasteiger charge is 2.48. The lowest BCUT2D eigenvalue weighted by molar-refractivity contribution is -0.301. The summed E-state index contributed by atoms with van der Waals surface area (Å²) >= 11 is 0. The van der Waals surface area contributed by atoms with E-state index in [1.807, 2.05) is 0 Å². The van der Waals surface area contributed by atoms with E-state index in [0.29, 0.717) is 13.0 Å². The lowest BCUT2D eigenvalue weighted by Gasteiger charge is -2.41. The minimum absolute atomic E-state index is 0.00975. The van der Waals surface area contributed by atoms with Gasteiger partial charge in [-0.3, -0.25) is 9.35 Å². The van der Waals surface area contributed by atoms with E-state index in [1.165, 1.54) is 70.6 Å². The smallest absolute Gasteiger partial charge is 0.397 e. The summed E-state index contributed by atoms with van der Waals surface area (Å²) < 4.78 is 59.4. The van der Waals surface area contributed by atoms with Crippen LogP contribution in [0.15, 0.2) is 109 Å². The average Bonchev–Trinajstić information content (AvgIpc) is 3.38. The van der Waals surface area contributed by atoms with E-state index in [9.17, 15) is 33.1 Å². The third-order valence-corrected chi connectivity index (χ3v) is 12.8. The van der Waals surface area contributed by atoms with Gasteiger partial charge in [-0.05, 0) is 103 Å². The van der Waals surface area contributed by atoms with E-state index in [1.54, 1.807) is 0 Å². The van der Waals surface area contributed by atoms with Gasteiger partial charge in [0, 0.05) is 13.0 Å². The summed E-state index contributed by atoms with van der Waals surface area (Å²) in [4.78, 5) is 13.0. The molecule has 6 unspecified atom stereocenters. The van der Waals surface area contributed by atoms with Crippen LogP contribution in [-0.2, 0) is 38.3 Å². The zero-order valence-electron chi connectivity index (χ0n) is 45.9. The van der Waals surface area contributed by atoms with Gasteiger partial charge in [0.2, 0.25) is 0 Å². The number of esters is 1. The van der Waals surface area contributed by atoms with E-state index in [2.05, 4.69) is 127 Å². The maximum atomic E-state index is 13.0. The highest BCUT2D eigenvalue weighted by Crippen LogP contribution is 2.26. The van der Waals surface area contributed by atoms with Crippen molar-refractivity contribution in [3.8, 4) is 0 Å². The third kappa shape index (κ3) is 42.9. The highest BCUT2D eigenvalue weighted by molar-refractivity contribution is 7.80. The number of aliphatic hydroxyl groups excluding tert-OH is 3. The van der Waals surface area contributed by atoms with Gasteiger partial charge in [-0.2, -0.15) is 8.42 Å². The maximum Gasteiger partial charge on any atom is 0.397 e. The predicted octanol–water partition coefficient (Wildman–Crippen LogP) is 14.3. The maximum absolute atomic E-state index is 13.0. The molecule has 12 nitrogen and oxygen atoms in total. The Balaban J connectivity index is 2.35. The summed E-state index contributed by atoms with van der Waals surface area (Å²) in [5.41, 5.74) is 0. The van der Waals surface area contributed by atoms with Crippen molar-refractivity contribution in [3.05, 3.63) is 109 Å². The molecule has 6 atom stereocenters. The van der Waals surface area contributed by atoms with E-state index < -0.39 is 59.8 Å². The van der Waals surface area contributed by atoms with E-state index in [0.717, 1.165) is 109 Å². The summed E-state index contributed by atoms with van der Waals surface area (Å²) in [6.45, 7) is 3.80. The fourth-order valence-corrected chi connectivity index (χ4v) is 8.60. The van der Waals surface area contributed by atoms with Crippen LogP contribution < -0.4 is 0 Å². The molecule has 13 heteroatoms. The zero-order chi connectivity index (χ0) is 53.8. The number of rotatable bonds is 49. The molecule has 4 N–H and O–H groups in total. The van der Waals surface area contributed by atoms with E-state index >= 15 is 0 Å². The quantitative estimate of drug-likeness (QED) is 0.0196. The fraction of sp³-hybridized carbons (Fsp3) is 0.689. The van der Waals surface area contributed by atoms with Gasteiger partial charge in [0.05, 0.1) is 19.8 Å². The van der Waals surface area contributed by atoms with Gasteiger partial charge in [-0.25, -0.2) is 4.18 Å². The molecule has 0 spiro atoms. The molecule has 1 aliphatic heterocycles. The topological polar surface area (TPSA) is 178 Å². The summed E-state index contributed by atoms with van der Waals surface area (Å²) in [5.74, 6) is -0.416. The Labute approximate surface area is 449 Å². The van der Waals surface area contributed by atoms with Gasteiger partial charge in [0.25, 0.3) is 0 Å². The highest BCUT2D eigenvalue weighted by atomic mass is 32.3. The molecule has 0 aromatic heterocycles. The molecule has 0 aromatic carbocycles. The largest absolute Gasteiger partial charge is 0.457 e. The standard InChI is InChI=1S/C61H102O12S/c1-3-5-7-9-11-13-15-17-19-21-23-25-26-27-28-29-31-33-35-37-39-41-43-45-47-49-51-69-53-55(54-70-61-59(65)60(73-74(66,67)68)58(64)56(52-62)72-61)71-57(63)50-48-46-44-42-40-38-36-34-32-30-24-22-20-18-16-14-12-10-8-6-4-2/h5,7,11,13,16-19,22-25,27-28,31,33,37,39,55-56,58-62,64-65H,3-4,6,8-10,12,14-15,20-21,26,29-30,32,34-36,38,40-54H2,1-2H3,(H,66,67,68)/b7-5-,13-11-,18-16-,19-17-,24-22-,25-23-,28-27-,33-31-,39-37-. The van der Waals surface area contributed by atoms with Crippen molar-refractivity contribution in [1.82, 2.24) is 0 Å². The Morgan fingerprint density at radius 3 is 1.36 bits per heavy atom. The van der Waals surface area contributed by atoms with Gasteiger partial charge in [0.1, 0.15) is 30.5 Å². The second-order valence-corrected chi connectivity index (χ2v) is 20.2. The summed E-state index contributed by atoms with van der Waals surface area (Å²) in [6, 6.07) is 0. The molecule has 0 radical (unpaired) electrons. The molecule has 1 saturated heterocycles. The minimum Gasteiger partial charge on any atom is -0.457 e. The molecule has 1 rings (SSSR count). The molecule has 0 amide bonds. The molecular weight excluding hydrogens is 957 g/mol. The molecule has 1 heterocycles. The summed E-state index contributed by atoms with van der Waals surface area (Å²) in [5, 5.41) is 30.8. The van der Waals surface area contributed by atoms with Gasteiger partial charge >= 0.3 is 16.4 Å². The Bertz CT molecular complexity index is 1700. The normalized spacial score (nSPS) is 19.6. The van der Waals surface area contributed by atoms with Gasteiger partial charge in [-0.1, -0.05) is 207 Å². The number of carbonyl (C=O) groups is 1. The molecule has 1 aliphatic rings. The predicted molar refractivity (Wildman–Crippen MR) is 303 cm³/mol. The Hall–Kier alpha value is -3.24. The summed E-state index contributed by atoms with van der Waals surface area (Å²) in [7, 11) is -5.08. The molecule has 0 aromatic rings. The molecule has 0 saturated carbocycles. The first-order valence-electron chi connectivity index (χ1n) is 28.6. The fourth-order valence-electron chi connectivity index (χ4n) is 8.09. The Morgan fingerprint density at radius 2 is 0.932 bits per heavy atom. The van der Waals surface area contributed by atoms with Crippen molar-refractivity contribution in [1.29, 1.82) is 0 Å². The molecule has 1 fully saturated rings. The molecular formula is C61H102O12S. The Kier molecular flexibility index (Phi) is 47.0. The number of carbonyl (C=O) groups excluding carboxylic acids is 1. The first kappa shape index (κ1) is 68.8.